The molecule has 0 saturated carbocycles. The van der Waals surface area contributed by atoms with Crippen molar-refractivity contribution in [3.63, 3.8) is 0 Å². The summed E-state index contributed by atoms with van der Waals surface area (Å²) < 4.78 is 7.92. The van der Waals surface area contributed by atoms with Crippen molar-refractivity contribution in [3.05, 3.63) is 33.8 Å². The van der Waals surface area contributed by atoms with E-state index in [4.69, 9.17) is 4.74 Å². The fourth-order valence-corrected chi connectivity index (χ4v) is 2.26. The molecule has 0 aromatic carbocycles. The van der Waals surface area contributed by atoms with E-state index in [1.165, 1.54) is 18.0 Å². The van der Waals surface area contributed by atoms with Crippen LogP contribution in [0, 0.1) is 17.0 Å². The molecule has 130 valence electrons. The molecule has 10 heteroatoms. The van der Waals surface area contributed by atoms with Gasteiger partial charge in [-0.25, -0.2) is 4.68 Å². The number of nitrogens with one attached hydrogen (secondary N) is 1. The lowest BCUT2D eigenvalue weighted by Crippen LogP contribution is -2.31. The Kier molecular flexibility index (Phi) is 5.17. The highest BCUT2D eigenvalue weighted by atomic mass is 16.6. The first-order chi connectivity index (χ1) is 11.4. The van der Waals surface area contributed by atoms with E-state index in [2.05, 4.69) is 15.5 Å². The summed E-state index contributed by atoms with van der Waals surface area (Å²) in [7, 11) is 1.29. The first kappa shape index (κ1) is 17.4. The number of nitrogens with zero attached hydrogens (tertiary/aromatic N) is 5. The highest BCUT2D eigenvalue weighted by molar-refractivity contribution is 5.79. The summed E-state index contributed by atoms with van der Waals surface area (Å²) in [5.74, 6) is -0.432. The molecular weight excluding hydrogens is 316 g/mol. The zero-order valence-corrected chi connectivity index (χ0v) is 14.0. The molecule has 0 aliphatic heterocycles. The van der Waals surface area contributed by atoms with E-state index in [0.29, 0.717) is 6.54 Å². The summed E-state index contributed by atoms with van der Waals surface area (Å²) in [6.45, 7) is 6.61. The van der Waals surface area contributed by atoms with Gasteiger partial charge < -0.3 is 10.1 Å². The second-order valence-corrected chi connectivity index (χ2v) is 5.23. The van der Waals surface area contributed by atoms with E-state index in [-0.39, 0.29) is 17.5 Å². The van der Waals surface area contributed by atoms with E-state index in [0.717, 1.165) is 17.8 Å². The van der Waals surface area contributed by atoms with Crippen LogP contribution in [0.3, 0.4) is 0 Å². The van der Waals surface area contributed by atoms with Crippen molar-refractivity contribution in [2.24, 2.45) is 0 Å². The molecule has 2 aromatic heterocycles. The summed E-state index contributed by atoms with van der Waals surface area (Å²) in [6.07, 6.45) is 2.90. The molecule has 2 heterocycles. The molecule has 2 rings (SSSR count). The maximum absolute atomic E-state index is 12.3. The topological polar surface area (TPSA) is 117 Å². The summed E-state index contributed by atoms with van der Waals surface area (Å²) in [5, 5.41) is 21.9. The lowest BCUT2D eigenvalue weighted by molar-refractivity contribution is -0.385. The van der Waals surface area contributed by atoms with E-state index in [1.807, 2.05) is 18.5 Å². The number of aromatic nitrogens is 4. The SMILES string of the molecule is CCn1ncc(CNC(=O)C(C)n2cc([N+](=O)[O-])c(OC)n2)c1C. The summed E-state index contributed by atoms with van der Waals surface area (Å²) in [4.78, 5) is 22.6. The van der Waals surface area contributed by atoms with Gasteiger partial charge in [0.15, 0.2) is 0 Å². The molecule has 10 nitrogen and oxygen atoms in total. The van der Waals surface area contributed by atoms with E-state index in [9.17, 15) is 14.9 Å². The van der Waals surface area contributed by atoms with Crippen molar-refractivity contribution >= 4 is 11.6 Å². The Labute approximate surface area is 138 Å². The van der Waals surface area contributed by atoms with E-state index in [1.54, 1.807) is 13.1 Å². The van der Waals surface area contributed by atoms with Crippen LogP contribution >= 0.6 is 0 Å². The number of nitro groups is 1. The Hall–Kier alpha value is -2.91. The quantitative estimate of drug-likeness (QED) is 0.600. The lowest BCUT2D eigenvalue weighted by atomic mass is 10.2. The average molecular weight is 336 g/mol. The highest BCUT2D eigenvalue weighted by Crippen LogP contribution is 2.25. The summed E-state index contributed by atoms with van der Waals surface area (Å²) in [6, 6.07) is -0.714. The van der Waals surface area contributed by atoms with Gasteiger partial charge in [-0.05, 0) is 20.8 Å². The van der Waals surface area contributed by atoms with Crippen molar-refractivity contribution in [3.8, 4) is 5.88 Å². The van der Waals surface area contributed by atoms with Gasteiger partial charge in [0.05, 0.1) is 18.2 Å². The van der Waals surface area contributed by atoms with E-state index >= 15 is 0 Å². The zero-order chi connectivity index (χ0) is 17.9. The molecule has 0 saturated heterocycles. The number of aryl methyl sites for hydroxylation is 1. The molecule has 0 aliphatic rings. The molecule has 0 bridgehead atoms. The van der Waals surface area contributed by atoms with Crippen LogP contribution in [0.15, 0.2) is 12.4 Å². The third-order valence-electron chi connectivity index (χ3n) is 3.80. The molecule has 0 spiro atoms. The standard InChI is InChI=1S/C14H20N6O4/c1-5-18-9(2)11(7-16-18)6-15-13(21)10(3)19-8-12(20(22)23)14(17-19)24-4/h7-8,10H,5-6H2,1-4H3,(H,15,21). The van der Waals surface area contributed by atoms with Crippen LogP contribution in [0.4, 0.5) is 5.69 Å². The third-order valence-corrected chi connectivity index (χ3v) is 3.80. The fraction of sp³-hybridized carbons (Fsp3) is 0.500. The van der Waals surface area contributed by atoms with Gasteiger partial charge in [0.1, 0.15) is 12.2 Å². The minimum atomic E-state index is -0.714. The second kappa shape index (κ2) is 7.11. The van der Waals surface area contributed by atoms with Gasteiger partial charge in [-0.2, -0.15) is 5.10 Å². The number of methoxy groups -OCH3 is 1. The molecule has 24 heavy (non-hydrogen) atoms. The normalized spacial score (nSPS) is 12.0. The molecule has 2 aromatic rings. The first-order valence-electron chi connectivity index (χ1n) is 7.45. The molecule has 0 radical (unpaired) electrons. The minimum absolute atomic E-state index is 0.125. The van der Waals surface area contributed by atoms with Gasteiger partial charge >= 0.3 is 11.6 Å². The van der Waals surface area contributed by atoms with Crippen LogP contribution in [-0.4, -0.2) is 37.5 Å². The molecular formula is C14H20N6O4. The Morgan fingerprint density at radius 1 is 1.54 bits per heavy atom. The van der Waals surface area contributed by atoms with Gasteiger partial charge in [0.2, 0.25) is 5.91 Å². The highest BCUT2D eigenvalue weighted by Gasteiger charge is 2.25. The average Bonchev–Trinajstić information content (AvgIpc) is 3.15. The molecule has 1 amide bonds. The van der Waals surface area contributed by atoms with Crippen LogP contribution in [0.5, 0.6) is 5.88 Å². The summed E-state index contributed by atoms with van der Waals surface area (Å²) >= 11 is 0. The smallest absolute Gasteiger partial charge is 0.350 e. The van der Waals surface area contributed by atoms with Crippen LogP contribution < -0.4 is 10.1 Å². The third kappa shape index (κ3) is 3.36. The fourth-order valence-electron chi connectivity index (χ4n) is 2.26. The Morgan fingerprint density at radius 2 is 2.25 bits per heavy atom. The van der Waals surface area contributed by atoms with Gasteiger partial charge in [0, 0.05) is 24.3 Å². The molecule has 1 unspecified atom stereocenters. The predicted molar refractivity (Wildman–Crippen MR) is 84.6 cm³/mol. The van der Waals surface area contributed by atoms with Crippen molar-refractivity contribution in [1.82, 2.24) is 24.9 Å². The minimum Gasteiger partial charge on any atom is -0.475 e. The van der Waals surface area contributed by atoms with Crippen molar-refractivity contribution in [1.29, 1.82) is 0 Å². The Balaban J connectivity index is 2.06. The first-order valence-corrected chi connectivity index (χ1v) is 7.45. The van der Waals surface area contributed by atoms with Crippen molar-refractivity contribution < 1.29 is 14.5 Å². The molecule has 0 aliphatic carbocycles. The van der Waals surface area contributed by atoms with Gasteiger partial charge in [-0.15, -0.1) is 5.10 Å². The number of carbonyl (C=O) groups is 1. The molecule has 1 N–H and O–H groups in total. The number of amides is 1. The number of carbonyl (C=O) groups excluding carboxylic acids is 1. The Morgan fingerprint density at radius 3 is 2.75 bits per heavy atom. The van der Waals surface area contributed by atoms with Crippen LogP contribution in [0.2, 0.25) is 0 Å². The van der Waals surface area contributed by atoms with Gasteiger partial charge in [0.25, 0.3) is 0 Å². The van der Waals surface area contributed by atoms with Gasteiger partial charge in [-0.3, -0.25) is 19.6 Å². The zero-order valence-electron chi connectivity index (χ0n) is 14.0. The largest absolute Gasteiger partial charge is 0.475 e. The number of rotatable bonds is 7. The van der Waals surface area contributed by atoms with E-state index < -0.39 is 11.0 Å². The molecule has 1 atom stereocenters. The number of hydrogen-bond donors (Lipinski definition) is 1. The maximum Gasteiger partial charge on any atom is 0.350 e. The van der Waals surface area contributed by atoms with Crippen molar-refractivity contribution in [2.45, 2.75) is 39.9 Å². The monoisotopic (exact) mass is 336 g/mol. The van der Waals surface area contributed by atoms with Crippen LogP contribution in [0.1, 0.15) is 31.1 Å². The second-order valence-electron chi connectivity index (χ2n) is 5.23. The predicted octanol–water partition coefficient (Wildman–Crippen LogP) is 1.20. The lowest BCUT2D eigenvalue weighted by Gasteiger charge is -2.12. The Bertz CT molecular complexity index is 751. The maximum atomic E-state index is 12.3. The van der Waals surface area contributed by atoms with Crippen LogP contribution in [0.25, 0.3) is 0 Å². The number of hydrogen-bond acceptors (Lipinski definition) is 6. The van der Waals surface area contributed by atoms with Gasteiger partial charge in [-0.1, -0.05) is 0 Å². The van der Waals surface area contributed by atoms with Crippen LogP contribution in [-0.2, 0) is 17.9 Å². The summed E-state index contributed by atoms with van der Waals surface area (Å²) in [5.41, 5.74) is 1.63. The van der Waals surface area contributed by atoms with Crippen molar-refractivity contribution in [2.75, 3.05) is 7.11 Å². The molecule has 0 fully saturated rings. The number of ether oxygens (including phenoxy) is 1.